The number of hydrogen-bond acceptors (Lipinski definition) is 3. The van der Waals surface area contributed by atoms with Gasteiger partial charge in [0.05, 0.1) is 4.92 Å². The minimum Gasteiger partial charge on any atom is -0.317 e. The molecule has 21 heavy (non-hydrogen) atoms. The molecule has 2 rings (SSSR count). The number of hydrogen-bond donors (Lipinski definition) is 1. The van der Waals surface area contributed by atoms with Gasteiger partial charge in [0.25, 0.3) is 5.69 Å². The number of nitrogens with one attached hydrogen (secondary N) is 1. The van der Waals surface area contributed by atoms with Gasteiger partial charge < -0.3 is 5.32 Å². The lowest BCUT2D eigenvalue weighted by Crippen LogP contribution is -2.39. The molecule has 1 N–H and O–H groups in total. The van der Waals surface area contributed by atoms with Gasteiger partial charge in [0.1, 0.15) is 0 Å². The van der Waals surface area contributed by atoms with E-state index in [4.69, 9.17) is 11.6 Å². The molecule has 4 nitrogen and oxygen atoms in total. The van der Waals surface area contributed by atoms with Gasteiger partial charge in [0.15, 0.2) is 0 Å². The first-order valence-corrected chi connectivity index (χ1v) is 8.03. The van der Waals surface area contributed by atoms with Crippen LogP contribution in [0.2, 0.25) is 5.02 Å². The maximum absolute atomic E-state index is 11.2. The van der Waals surface area contributed by atoms with E-state index in [9.17, 15) is 10.1 Å². The molecule has 0 radical (unpaired) electrons. The van der Waals surface area contributed by atoms with Crippen LogP contribution in [0.3, 0.4) is 0 Å². The molecule has 1 aromatic rings. The van der Waals surface area contributed by atoms with Crippen LogP contribution < -0.4 is 5.32 Å². The molecule has 0 spiro atoms. The van der Waals surface area contributed by atoms with Crippen molar-refractivity contribution < 1.29 is 4.92 Å². The highest BCUT2D eigenvalue weighted by Crippen LogP contribution is 2.35. The Balaban J connectivity index is 2.22. The standard InChI is InChI=1S/C16H23ClN2O2/c1-3-11-4-6-15(18-2)12(8-11)9-13-10-14(17)5-7-16(13)19(20)21/h5,7,10-12,15,18H,3-4,6,8-9H2,1-2H3. The van der Waals surface area contributed by atoms with E-state index in [0.29, 0.717) is 17.0 Å². The maximum Gasteiger partial charge on any atom is 0.272 e. The second-order valence-corrected chi connectivity index (χ2v) is 6.41. The average molecular weight is 311 g/mol. The average Bonchev–Trinajstić information content (AvgIpc) is 2.47. The van der Waals surface area contributed by atoms with Crippen LogP contribution in [-0.4, -0.2) is 18.0 Å². The molecule has 1 aliphatic carbocycles. The Kier molecular flexibility index (Phi) is 5.59. The first kappa shape index (κ1) is 16.2. The molecule has 1 saturated carbocycles. The molecule has 116 valence electrons. The number of nitro groups is 1. The van der Waals surface area contributed by atoms with Crippen molar-refractivity contribution in [1.29, 1.82) is 0 Å². The Morgan fingerprint density at radius 3 is 2.81 bits per heavy atom. The van der Waals surface area contributed by atoms with E-state index in [0.717, 1.165) is 30.7 Å². The molecule has 0 aliphatic heterocycles. The summed E-state index contributed by atoms with van der Waals surface area (Å²) in [5, 5.41) is 15.1. The Morgan fingerprint density at radius 1 is 1.43 bits per heavy atom. The van der Waals surface area contributed by atoms with E-state index < -0.39 is 0 Å². The van der Waals surface area contributed by atoms with Crippen LogP contribution in [0.25, 0.3) is 0 Å². The van der Waals surface area contributed by atoms with Gasteiger partial charge in [-0.05, 0) is 56.7 Å². The van der Waals surface area contributed by atoms with Gasteiger partial charge in [0, 0.05) is 22.7 Å². The minimum atomic E-state index is -0.305. The van der Waals surface area contributed by atoms with Gasteiger partial charge in [-0.25, -0.2) is 0 Å². The fraction of sp³-hybridized carbons (Fsp3) is 0.625. The normalized spacial score (nSPS) is 25.8. The van der Waals surface area contributed by atoms with E-state index in [1.54, 1.807) is 12.1 Å². The Bertz CT molecular complexity index is 507. The van der Waals surface area contributed by atoms with Crippen LogP contribution in [0.1, 0.15) is 38.2 Å². The topological polar surface area (TPSA) is 55.2 Å². The van der Waals surface area contributed by atoms with Crippen LogP contribution in [0.4, 0.5) is 5.69 Å². The molecule has 3 unspecified atom stereocenters. The summed E-state index contributed by atoms with van der Waals surface area (Å²) in [5.41, 5.74) is 0.947. The smallest absolute Gasteiger partial charge is 0.272 e. The van der Waals surface area contributed by atoms with Crippen LogP contribution in [0.5, 0.6) is 0 Å². The highest BCUT2D eigenvalue weighted by atomic mass is 35.5. The third-order valence-corrected chi connectivity index (χ3v) is 4.99. The molecule has 0 aromatic heterocycles. The molecule has 0 heterocycles. The van der Waals surface area contributed by atoms with Gasteiger partial charge in [-0.1, -0.05) is 24.9 Å². The van der Waals surface area contributed by atoms with E-state index in [1.165, 1.54) is 18.9 Å². The van der Waals surface area contributed by atoms with Crippen LogP contribution in [-0.2, 0) is 6.42 Å². The van der Waals surface area contributed by atoms with E-state index in [-0.39, 0.29) is 10.6 Å². The van der Waals surface area contributed by atoms with Gasteiger partial charge >= 0.3 is 0 Å². The summed E-state index contributed by atoms with van der Waals surface area (Å²) in [6.07, 6.45) is 5.43. The second kappa shape index (κ2) is 7.23. The number of rotatable bonds is 5. The summed E-state index contributed by atoms with van der Waals surface area (Å²) in [6, 6.07) is 5.30. The summed E-state index contributed by atoms with van der Waals surface area (Å²) >= 11 is 6.03. The molecular weight excluding hydrogens is 288 g/mol. The number of nitrogens with zero attached hydrogens (tertiary/aromatic N) is 1. The van der Waals surface area contributed by atoms with Gasteiger partial charge in [-0.15, -0.1) is 0 Å². The summed E-state index contributed by atoms with van der Waals surface area (Å²) in [6.45, 7) is 2.23. The summed E-state index contributed by atoms with van der Waals surface area (Å²) in [5.74, 6) is 1.17. The van der Waals surface area contributed by atoms with Gasteiger partial charge in [-0.3, -0.25) is 10.1 Å². The Morgan fingerprint density at radius 2 is 2.19 bits per heavy atom. The molecule has 0 amide bonds. The second-order valence-electron chi connectivity index (χ2n) is 5.98. The first-order valence-electron chi connectivity index (χ1n) is 7.65. The summed E-state index contributed by atoms with van der Waals surface area (Å²) in [4.78, 5) is 10.9. The first-order chi connectivity index (χ1) is 10.0. The fourth-order valence-corrected chi connectivity index (χ4v) is 3.71. The van der Waals surface area contributed by atoms with Crippen molar-refractivity contribution in [1.82, 2.24) is 5.32 Å². The molecule has 1 aromatic carbocycles. The molecular formula is C16H23ClN2O2. The van der Waals surface area contributed by atoms with Crippen molar-refractivity contribution >= 4 is 17.3 Å². The highest BCUT2D eigenvalue weighted by Gasteiger charge is 2.30. The molecule has 5 heteroatoms. The van der Waals surface area contributed by atoms with Crippen LogP contribution in [0, 0.1) is 22.0 Å². The zero-order valence-electron chi connectivity index (χ0n) is 12.6. The fourth-order valence-electron chi connectivity index (χ4n) is 3.52. The largest absolute Gasteiger partial charge is 0.317 e. The molecule has 1 fully saturated rings. The van der Waals surface area contributed by atoms with Crippen LogP contribution in [0.15, 0.2) is 18.2 Å². The quantitative estimate of drug-likeness (QED) is 0.655. The van der Waals surface area contributed by atoms with Crippen molar-refractivity contribution in [2.75, 3.05) is 7.05 Å². The van der Waals surface area contributed by atoms with Gasteiger partial charge in [-0.2, -0.15) is 0 Å². The van der Waals surface area contributed by atoms with E-state index in [2.05, 4.69) is 12.2 Å². The predicted molar refractivity (Wildman–Crippen MR) is 85.8 cm³/mol. The van der Waals surface area contributed by atoms with Gasteiger partial charge in [0.2, 0.25) is 0 Å². The summed E-state index contributed by atoms with van der Waals surface area (Å²) in [7, 11) is 1.98. The maximum atomic E-state index is 11.2. The zero-order valence-corrected chi connectivity index (χ0v) is 13.4. The Hall–Kier alpha value is -1.13. The third kappa shape index (κ3) is 3.95. The third-order valence-electron chi connectivity index (χ3n) is 4.76. The SMILES string of the molecule is CCC1CCC(NC)C(Cc2cc(Cl)ccc2[N+](=O)[O-])C1. The summed E-state index contributed by atoms with van der Waals surface area (Å²) < 4.78 is 0. The zero-order chi connectivity index (χ0) is 15.4. The molecule has 0 saturated heterocycles. The van der Waals surface area contributed by atoms with E-state index >= 15 is 0 Å². The van der Waals surface area contributed by atoms with Crippen LogP contribution >= 0.6 is 11.6 Å². The monoisotopic (exact) mass is 310 g/mol. The number of halogens is 1. The number of benzene rings is 1. The number of nitro benzene ring substituents is 1. The van der Waals surface area contributed by atoms with E-state index in [1.807, 2.05) is 7.05 Å². The van der Waals surface area contributed by atoms with Crippen molar-refractivity contribution in [3.63, 3.8) is 0 Å². The minimum absolute atomic E-state index is 0.188. The molecule has 1 aliphatic rings. The molecule has 3 atom stereocenters. The lowest BCUT2D eigenvalue weighted by atomic mass is 9.74. The predicted octanol–water partition coefficient (Wildman–Crippen LogP) is 4.21. The lowest BCUT2D eigenvalue weighted by molar-refractivity contribution is -0.385. The van der Waals surface area contributed by atoms with Crippen molar-refractivity contribution in [2.24, 2.45) is 11.8 Å². The van der Waals surface area contributed by atoms with Crippen molar-refractivity contribution in [2.45, 2.75) is 45.1 Å². The van der Waals surface area contributed by atoms with Crippen molar-refractivity contribution in [3.05, 3.63) is 38.9 Å². The highest BCUT2D eigenvalue weighted by molar-refractivity contribution is 6.30. The lowest BCUT2D eigenvalue weighted by Gasteiger charge is -2.36. The van der Waals surface area contributed by atoms with Crippen molar-refractivity contribution in [3.8, 4) is 0 Å². The molecule has 0 bridgehead atoms. The Labute approximate surface area is 131 Å².